The molecule has 1 aromatic carbocycles. The van der Waals surface area contributed by atoms with E-state index in [0.29, 0.717) is 6.54 Å². The summed E-state index contributed by atoms with van der Waals surface area (Å²) in [6, 6.07) is 8.44. The third-order valence-corrected chi connectivity index (χ3v) is 3.04. The third kappa shape index (κ3) is 4.30. The molecule has 0 aliphatic heterocycles. The molecule has 6 nitrogen and oxygen atoms in total. The SMILES string of the molecule is CN(C)C(=NCc1ccc(Cn2cncn2)cc1)N(C)C. The lowest BCUT2D eigenvalue weighted by atomic mass is 10.1. The molecule has 1 heterocycles. The molecule has 0 aliphatic rings. The van der Waals surface area contributed by atoms with Gasteiger partial charge in [-0.25, -0.2) is 14.7 Å². The van der Waals surface area contributed by atoms with E-state index in [1.165, 1.54) is 11.1 Å². The molecule has 0 aliphatic carbocycles. The van der Waals surface area contributed by atoms with Crippen molar-refractivity contribution in [1.29, 1.82) is 0 Å². The number of rotatable bonds is 4. The van der Waals surface area contributed by atoms with Crippen molar-refractivity contribution in [1.82, 2.24) is 24.6 Å². The first-order valence-corrected chi connectivity index (χ1v) is 6.85. The van der Waals surface area contributed by atoms with Crippen LogP contribution in [0, 0.1) is 0 Å². The monoisotopic (exact) mass is 286 g/mol. The fourth-order valence-electron chi connectivity index (χ4n) is 2.10. The van der Waals surface area contributed by atoms with Crippen molar-refractivity contribution in [2.45, 2.75) is 13.1 Å². The van der Waals surface area contributed by atoms with Crippen molar-refractivity contribution < 1.29 is 0 Å². The van der Waals surface area contributed by atoms with E-state index in [-0.39, 0.29) is 0 Å². The molecular weight excluding hydrogens is 264 g/mol. The molecule has 0 N–H and O–H groups in total. The zero-order valence-corrected chi connectivity index (χ0v) is 13.1. The van der Waals surface area contributed by atoms with Gasteiger partial charge in [-0.2, -0.15) is 5.10 Å². The predicted molar refractivity (Wildman–Crippen MR) is 84.1 cm³/mol. The summed E-state index contributed by atoms with van der Waals surface area (Å²) in [6.45, 7) is 1.42. The zero-order chi connectivity index (χ0) is 15.2. The van der Waals surface area contributed by atoms with Gasteiger partial charge in [-0.15, -0.1) is 0 Å². The Balaban J connectivity index is 2.00. The molecule has 21 heavy (non-hydrogen) atoms. The number of aliphatic imine (C=N–C) groups is 1. The van der Waals surface area contributed by atoms with Gasteiger partial charge in [0.15, 0.2) is 5.96 Å². The Morgan fingerprint density at radius 1 is 1.05 bits per heavy atom. The van der Waals surface area contributed by atoms with Crippen LogP contribution in [0.5, 0.6) is 0 Å². The molecule has 0 saturated carbocycles. The van der Waals surface area contributed by atoms with E-state index in [1.807, 2.05) is 42.7 Å². The minimum absolute atomic E-state index is 0.676. The van der Waals surface area contributed by atoms with Crippen LogP contribution in [0.25, 0.3) is 0 Å². The minimum atomic E-state index is 0.676. The van der Waals surface area contributed by atoms with Gasteiger partial charge in [0.05, 0.1) is 13.1 Å². The van der Waals surface area contributed by atoms with Crippen LogP contribution in [0.4, 0.5) is 0 Å². The van der Waals surface area contributed by atoms with Crippen molar-refractivity contribution in [3.8, 4) is 0 Å². The lowest BCUT2D eigenvalue weighted by Gasteiger charge is -2.22. The van der Waals surface area contributed by atoms with Crippen molar-refractivity contribution >= 4 is 5.96 Å². The van der Waals surface area contributed by atoms with E-state index in [0.717, 1.165) is 12.5 Å². The summed E-state index contributed by atoms with van der Waals surface area (Å²) < 4.78 is 1.81. The molecule has 0 radical (unpaired) electrons. The van der Waals surface area contributed by atoms with Gasteiger partial charge in [0.1, 0.15) is 12.7 Å². The van der Waals surface area contributed by atoms with E-state index in [9.17, 15) is 0 Å². The fourth-order valence-corrected chi connectivity index (χ4v) is 2.10. The topological polar surface area (TPSA) is 49.6 Å². The summed E-state index contributed by atoms with van der Waals surface area (Å²) in [5.74, 6) is 0.960. The zero-order valence-electron chi connectivity index (χ0n) is 13.1. The highest BCUT2D eigenvalue weighted by Crippen LogP contribution is 2.07. The maximum absolute atomic E-state index is 4.64. The largest absolute Gasteiger partial charge is 0.349 e. The Morgan fingerprint density at radius 3 is 2.19 bits per heavy atom. The van der Waals surface area contributed by atoms with Gasteiger partial charge in [0.25, 0.3) is 0 Å². The smallest absolute Gasteiger partial charge is 0.195 e. The number of benzene rings is 1. The van der Waals surface area contributed by atoms with Crippen LogP contribution in [0.3, 0.4) is 0 Å². The van der Waals surface area contributed by atoms with Gasteiger partial charge < -0.3 is 9.80 Å². The van der Waals surface area contributed by atoms with Crippen LogP contribution in [0.2, 0.25) is 0 Å². The van der Waals surface area contributed by atoms with Gasteiger partial charge in [0, 0.05) is 28.2 Å². The summed E-state index contributed by atoms with van der Waals surface area (Å²) >= 11 is 0. The van der Waals surface area contributed by atoms with Crippen molar-refractivity contribution in [2.75, 3.05) is 28.2 Å². The van der Waals surface area contributed by atoms with E-state index < -0.39 is 0 Å². The summed E-state index contributed by atoms with van der Waals surface area (Å²) in [4.78, 5) is 12.6. The first kappa shape index (κ1) is 15.0. The van der Waals surface area contributed by atoms with Crippen LogP contribution in [-0.2, 0) is 13.1 Å². The maximum atomic E-state index is 4.64. The van der Waals surface area contributed by atoms with Crippen molar-refractivity contribution in [3.05, 3.63) is 48.0 Å². The quantitative estimate of drug-likeness (QED) is 0.628. The fraction of sp³-hybridized carbons (Fsp3) is 0.400. The van der Waals surface area contributed by atoms with Crippen LogP contribution in [0.15, 0.2) is 41.9 Å². The number of guanidine groups is 1. The summed E-state index contributed by atoms with van der Waals surface area (Å²) in [7, 11) is 8.00. The molecular formula is C15H22N6. The first-order valence-electron chi connectivity index (χ1n) is 6.85. The number of hydrogen-bond donors (Lipinski definition) is 0. The number of hydrogen-bond acceptors (Lipinski definition) is 3. The normalized spacial score (nSPS) is 10.3. The molecule has 0 atom stereocenters. The highest BCUT2D eigenvalue weighted by atomic mass is 15.3. The minimum Gasteiger partial charge on any atom is -0.349 e. The average molecular weight is 286 g/mol. The Kier molecular flexibility index (Phi) is 4.92. The molecule has 0 bridgehead atoms. The van der Waals surface area contributed by atoms with Crippen molar-refractivity contribution in [3.63, 3.8) is 0 Å². The second kappa shape index (κ2) is 6.88. The second-order valence-corrected chi connectivity index (χ2v) is 5.31. The molecule has 0 unspecified atom stereocenters. The lowest BCUT2D eigenvalue weighted by Crippen LogP contribution is -2.35. The highest BCUT2D eigenvalue weighted by Gasteiger charge is 2.04. The van der Waals surface area contributed by atoms with E-state index in [4.69, 9.17) is 0 Å². The molecule has 0 fully saturated rings. The average Bonchev–Trinajstić information content (AvgIpc) is 2.93. The summed E-state index contributed by atoms with van der Waals surface area (Å²) in [5, 5.41) is 4.10. The molecule has 1 aromatic heterocycles. The molecule has 2 rings (SSSR count). The van der Waals surface area contributed by atoms with Gasteiger partial charge >= 0.3 is 0 Å². The molecule has 0 saturated heterocycles. The molecule has 0 amide bonds. The van der Waals surface area contributed by atoms with Crippen LogP contribution in [-0.4, -0.2) is 58.7 Å². The van der Waals surface area contributed by atoms with Crippen LogP contribution in [0.1, 0.15) is 11.1 Å². The van der Waals surface area contributed by atoms with Gasteiger partial charge in [-0.3, -0.25) is 0 Å². The molecule has 2 aromatic rings. The maximum Gasteiger partial charge on any atom is 0.195 e. The summed E-state index contributed by atoms with van der Waals surface area (Å²) in [6.07, 6.45) is 3.27. The van der Waals surface area contributed by atoms with Gasteiger partial charge in [-0.1, -0.05) is 24.3 Å². The molecule has 6 heteroatoms. The number of aromatic nitrogens is 3. The third-order valence-electron chi connectivity index (χ3n) is 3.04. The first-order chi connectivity index (χ1) is 10.1. The van der Waals surface area contributed by atoms with Crippen LogP contribution < -0.4 is 0 Å². The van der Waals surface area contributed by atoms with Crippen molar-refractivity contribution in [2.24, 2.45) is 4.99 Å². The van der Waals surface area contributed by atoms with Crippen LogP contribution >= 0.6 is 0 Å². The Morgan fingerprint density at radius 2 is 1.67 bits per heavy atom. The van der Waals surface area contributed by atoms with Gasteiger partial charge in [0.2, 0.25) is 0 Å². The van der Waals surface area contributed by atoms with E-state index in [2.05, 4.69) is 39.3 Å². The predicted octanol–water partition coefficient (Wildman–Crippen LogP) is 1.31. The summed E-state index contributed by atoms with van der Waals surface area (Å²) in [5.41, 5.74) is 2.40. The highest BCUT2D eigenvalue weighted by molar-refractivity contribution is 5.79. The molecule has 112 valence electrons. The number of nitrogens with zero attached hydrogens (tertiary/aromatic N) is 6. The standard InChI is InChI=1S/C15H22N6/c1-19(2)15(20(3)4)17-9-13-5-7-14(8-6-13)10-21-12-16-11-18-21/h5-8,11-12H,9-10H2,1-4H3. The lowest BCUT2D eigenvalue weighted by molar-refractivity contribution is 0.479. The second-order valence-electron chi connectivity index (χ2n) is 5.31. The van der Waals surface area contributed by atoms with E-state index >= 15 is 0 Å². The Hall–Kier alpha value is -2.37. The van der Waals surface area contributed by atoms with E-state index in [1.54, 1.807) is 12.7 Å². The molecule has 0 spiro atoms. The Labute approximate surface area is 125 Å². The Bertz CT molecular complexity index is 559. The van der Waals surface area contributed by atoms with Gasteiger partial charge in [-0.05, 0) is 11.1 Å².